The van der Waals surface area contributed by atoms with Gasteiger partial charge in [0.2, 0.25) is 5.95 Å². The van der Waals surface area contributed by atoms with Gasteiger partial charge in [-0.25, -0.2) is 9.97 Å². The van der Waals surface area contributed by atoms with Gasteiger partial charge in [0, 0.05) is 6.42 Å². The molecule has 0 bridgehead atoms. The number of aliphatic hydroxyl groups excluding tert-OH is 3. The number of nitrogens with zero attached hydrogens (tertiary/aromatic N) is 3. The Morgan fingerprint density at radius 3 is 2.79 bits per heavy atom. The molecular weight excluding hydrogens is 254 g/mol. The molecule has 1 unspecified atom stereocenters. The predicted octanol–water partition coefficient (Wildman–Crippen LogP) is -1.62. The first kappa shape index (κ1) is 13.6. The van der Waals surface area contributed by atoms with Gasteiger partial charge >= 0.3 is 0 Å². The van der Waals surface area contributed by atoms with E-state index in [1.165, 1.54) is 0 Å². The van der Waals surface area contributed by atoms with E-state index in [0.717, 1.165) is 5.52 Å². The third-order valence-corrected chi connectivity index (χ3v) is 2.58. The van der Waals surface area contributed by atoms with Crippen molar-refractivity contribution in [3.63, 3.8) is 0 Å². The molecule has 6 N–H and O–H groups in total. The second-order valence-electron chi connectivity index (χ2n) is 3.98. The van der Waals surface area contributed by atoms with Crippen LogP contribution in [0.5, 0.6) is 0 Å². The van der Waals surface area contributed by atoms with Crippen LogP contribution in [0.2, 0.25) is 0 Å². The molecule has 0 spiro atoms. The largest absolute Gasteiger partial charge is 0.394 e. The number of anilines is 1. The summed E-state index contributed by atoms with van der Waals surface area (Å²) in [5, 5.41) is 26.1. The summed E-state index contributed by atoms with van der Waals surface area (Å²) in [5.41, 5.74) is 6.71. The average molecular weight is 269 g/mol. The first-order valence-electron chi connectivity index (χ1n) is 5.64. The summed E-state index contributed by atoms with van der Waals surface area (Å²) < 4.78 is 4.68. The molecule has 3 rings (SSSR count). The van der Waals surface area contributed by atoms with E-state index in [-0.39, 0.29) is 19.0 Å². The van der Waals surface area contributed by atoms with E-state index in [4.69, 9.17) is 21.1 Å². The molecule has 1 fully saturated rings. The molecule has 3 heterocycles. The lowest BCUT2D eigenvalue weighted by molar-refractivity contribution is -0.107. The van der Waals surface area contributed by atoms with Crippen LogP contribution in [-0.4, -0.2) is 60.4 Å². The minimum atomic E-state index is -0.905. The summed E-state index contributed by atoms with van der Waals surface area (Å²) in [6, 6.07) is 0. The summed E-state index contributed by atoms with van der Waals surface area (Å²) in [5.74, 6) is 0.250. The quantitative estimate of drug-likeness (QED) is 0.414. The maximum atomic E-state index is 8.91. The normalized spacial score (nSPS) is 26.2. The fourth-order valence-corrected chi connectivity index (χ4v) is 1.62. The first-order chi connectivity index (χ1) is 9.10. The number of H-pyrrole nitrogens is 1. The van der Waals surface area contributed by atoms with Gasteiger partial charge in [0.05, 0.1) is 25.2 Å². The van der Waals surface area contributed by atoms with E-state index in [9.17, 15) is 0 Å². The third kappa shape index (κ3) is 3.35. The highest BCUT2D eigenvalue weighted by atomic mass is 16.6. The van der Waals surface area contributed by atoms with Crippen molar-refractivity contribution < 1.29 is 20.1 Å². The Labute approximate surface area is 108 Å². The van der Waals surface area contributed by atoms with Crippen LogP contribution in [0.3, 0.4) is 0 Å². The van der Waals surface area contributed by atoms with Crippen LogP contribution >= 0.6 is 0 Å². The second-order valence-corrected chi connectivity index (χ2v) is 3.98. The number of nitrogens with one attached hydrogen (secondary N) is 1. The minimum Gasteiger partial charge on any atom is -0.394 e. The minimum absolute atomic E-state index is 0.200. The van der Waals surface area contributed by atoms with Crippen molar-refractivity contribution >= 4 is 17.1 Å². The number of aromatic amines is 1. The molecule has 9 heteroatoms. The van der Waals surface area contributed by atoms with Gasteiger partial charge in [-0.2, -0.15) is 4.98 Å². The van der Waals surface area contributed by atoms with Crippen molar-refractivity contribution in [2.75, 3.05) is 12.3 Å². The fraction of sp³-hybridized carbons (Fsp3) is 0.500. The highest BCUT2D eigenvalue weighted by Gasteiger charge is 2.31. The van der Waals surface area contributed by atoms with Gasteiger partial charge in [0.1, 0.15) is 11.6 Å². The zero-order valence-electron chi connectivity index (χ0n) is 9.97. The Morgan fingerprint density at radius 2 is 2.21 bits per heavy atom. The zero-order valence-corrected chi connectivity index (χ0v) is 9.97. The van der Waals surface area contributed by atoms with Gasteiger partial charge in [-0.1, -0.05) is 0 Å². The van der Waals surface area contributed by atoms with Crippen LogP contribution in [-0.2, 0) is 4.74 Å². The number of nitrogens with two attached hydrogens (primary N) is 1. The Hall–Kier alpha value is -1.81. The van der Waals surface area contributed by atoms with E-state index in [1.54, 1.807) is 12.5 Å². The number of rotatable bonds is 1. The molecule has 0 aliphatic carbocycles. The fourth-order valence-electron chi connectivity index (χ4n) is 1.62. The molecule has 9 nitrogen and oxygen atoms in total. The van der Waals surface area contributed by atoms with Gasteiger partial charge in [0.25, 0.3) is 0 Å². The highest BCUT2D eigenvalue weighted by molar-refractivity contribution is 5.69. The number of hydrogen-bond donors (Lipinski definition) is 5. The van der Waals surface area contributed by atoms with Gasteiger partial charge < -0.3 is 30.8 Å². The number of fused-ring (bicyclic) bond motifs is 1. The summed E-state index contributed by atoms with van der Waals surface area (Å²) in [6.45, 7) is -0.238. The van der Waals surface area contributed by atoms with Crippen molar-refractivity contribution in [1.29, 1.82) is 0 Å². The molecule has 104 valence electrons. The van der Waals surface area contributed by atoms with Gasteiger partial charge in [-0.05, 0) is 0 Å². The lowest BCUT2D eigenvalue weighted by Crippen LogP contribution is -2.24. The Morgan fingerprint density at radius 1 is 1.42 bits per heavy atom. The SMILES string of the molecule is Nc1ncc2[nH]cnc2n1.OC[C@H]1OC(O)C[C@@H]1O. The summed E-state index contributed by atoms with van der Waals surface area (Å²) >= 11 is 0. The van der Waals surface area contributed by atoms with Gasteiger partial charge in [0.15, 0.2) is 11.9 Å². The maximum absolute atomic E-state index is 8.91. The summed E-state index contributed by atoms with van der Waals surface area (Å²) in [7, 11) is 0. The lowest BCUT2D eigenvalue weighted by atomic mass is 10.2. The van der Waals surface area contributed by atoms with Gasteiger partial charge in [-0.15, -0.1) is 0 Å². The Kier molecular flexibility index (Phi) is 4.22. The number of ether oxygens (including phenoxy) is 1. The van der Waals surface area contributed by atoms with Crippen molar-refractivity contribution in [2.24, 2.45) is 0 Å². The highest BCUT2D eigenvalue weighted by Crippen LogP contribution is 2.17. The maximum Gasteiger partial charge on any atom is 0.222 e. The van der Waals surface area contributed by atoms with Crippen molar-refractivity contribution in [1.82, 2.24) is 19.9 Å². The molecule has 0 radical (unpaired) electrons. The van der Waals surface area contributed by atoms with E-state index in [1.807, 2.05) is 0 Å². The third-order valence-electron chi connectivity index (χ3n) is 2.58. The standard InChI is InChI=1S/C5H5N5.C5H10O4/c6-5-7-1-3-4(10-5)9-2-8-3;6-2-4-3(7)1-5(8)9-4/h1-2H,(H3,6,7,8,9,10);3-8H,1-2H2/t;3-,4+,5?/m.0/s1. The smallest absolute Gasteiger partial charge is 0.222 e. The van der Waals surface area contributed by atoms with E-state index < -0.39 is 18.5 Å². The van der Waals surface area contributed by atoms with Crippen LogP contribution in [0.25, 0.3) is 11.2 Å². The van der Waals surface area contributed by atoms with Crippen molar-refractivity contribution in [2.45, 2.75) is 24.9 Å². The Balaban J connectivity index is 0.000000141. The van der Waals surface area contributed by atoms with E-state index in [0.29, 0.717) is 5.65 Å². The molecule has 2 aromatic rings. The van der Waals surface area contributed by atoms with Crippen molar-refractivity contribution in [3.05, 3.63) is 12.5 Å². The summed E-state index contributed by atoms with van der Waals surface area (Å²) in [4.78, 5) is 14.4. The van der Waals surface area contributed by atoms with Crippen LogP contribution < -0.4 is 5.73 Å². The molecule has 0 aromatic carbocycles. The lowest BCUT2D eigenvalue weighted by Gasteiger charge is -2.08. The number of imidazole rings is 1. The topological polar surface area (TPSA) is 150 Å². The number of hydrogen-bond acceptors (Lipinski definition) is 8. The molecule has 1 saturated heterocycles. The first-order valence-corrected chi connectivity index (χ1v) is 5.64. The molecule has 1 aliphatic heterocycles. The average Bonchev–Trinajstić information content (AvgIpc) is 2.95. The molecular formula is C10H15N5O4. The molecule has 3 atom stereocenters. The number of aromatic nitrogens is 4. The Bertz CT molecular complexity index is 533. The monoisotopic (exact) mass is 269 g/mol. The molecule has 0 saturated carbocycles. The van der Waals surface area contributed by atoms with Gasteiger partial charge in [-0.3, -0.25) is 0 Å². The summed E-state index contributed by atoms with van der Waals surface area (Å²) in [6.07, 6.45) is 1.14. The zero-order chi connectivity index (χ0) is 13.8. The molecule has 19 heavy (non-hydrogen) atoms. The number of aliphatic hydroxyl groups is 3. The molecule has 2 aromatic heterocycles. The molecule has 1 aliphatic rings. The predicted molar refractivity (Wildman–Crippen MR) is 64.7 cm³/mol. The second kappa shape index (κ2) is 5.89. The van der Waals surface area contributed by atoms with Crippen LogP contribution in [0.15, 0.2) is 12.5 Å². The van der Waals surface area contributed by atoms with E-state index >= 15 is 0 Å². The number of nitrogen functional groups attached to an aromatic ring is 1. The van der Waals surface area contributed by atoms with Crippen LogP contribution in [0, 0.1) is 0 Å². The van der Waals surface area contributed by atoms with E-state index in [2.05, 4.69) is 24.7 Å². The molecule has 0 amide bonds. The van der Waals surface area contributed by atoms with Crippen molar-refractivity contribution in [3.8, 4) is 0 Å². The van der Waals surface area contributed by atoms with Crippen LogP contribution in [0.4, 0.5) is 5.95 Å². The van der Waals surface area contributed by atoms with Crippen LogP contribution in [0.1, 0.15) is 6.42 Å².